The number of hydrogen-bond donors (Lipinski definition) is 1. The Morgan fingerprint density at radius 1 is 1.21 bits per heavy atom. The third-order valence-electron chi connectivity index (χ3n) is 3.98. The van der Waals surface area contributed by atoms with Gasteiger partial charge in [0.05, 0.1) is 6.54 Å². The highest BCUT2D eigenvalue weighted by atomic mass is 127. The van der Waals surface area contributed by atoms with Crippen molar-refractivity contribution in [2.75, 3.05) is 47.4 Å². The molecule has 2 aromatic rings. The van der Waals surface area contributed by atoms with Crippen molar-refractivity contribution >= 4 is 47.2 Å². The van der Waals surface area contributed by atoms with Crippen LogP contribution in [0.25, 0.3) is 0 Å². The molecule has 1 aromatic carbocycles. The Labute approximate surface area is 192 Å². The van der Waals surface area contributed by atoms with Crippen LogP contribution in [0.2, 0.25) is 0 Å². The van der Waals surface area contributed by atoms with Gasteiger partial charge in [0.15, 0.2) is 17.5 Å². The van der Waals surface area contributed by atoms with E-state index in [0.29, 0.717) is 25.7 Å². The Hall–Kier alpha value is -1.88. The van der Waals surface area contributed by atoms with Gasteiger partial charge in [0.25, 0.3) is 0 Å². The van der Waals surface area contributed by atoms with E-state index < -0.39 is 0 Å². The number of guanidine groups is 1. The first-order chi connectivity index (χ1) is 13.5. The number of amides is 1. The first-order valence-corrected chi connectivity index (χ1v) is 9.94. The highest BCUT2D eigenvalue weighted by Gasteiger charge is 2.10. The van der Waals surface area contributed by atoms with Gasteiger partial charge in [-0.2, -0.15) is 0 Å². The van der Waals surface area contributed by atoms with Crippen LogP contribution in [-0.2, 0) is 11.2 Å². The van der Waals surface area contributed by atoms with Crippen LogP contribution in [-0.4, -0.2) is 69.1 Å². The van der Waals surface area contributed by atoms with Crippen molar-refractivity contribution in [3.05, 3.63) is 52.5 Å². The van der Waals surface area contributed by atoms with Gasteiger partial charge < -0.3 is 19.9 Å². The van der Waals surface area contributed by atoms with Gasteiger partial charge in [0.1, 0.15) is 13.2 Å². The van der Waals surface area contributed by atoms with E-state index in [1.54, 1.807) is 43.6 Å². The minimum absolute atomic E-state index is 0. The highest BCUT2D eigenvalue weighted by molar-refractivity contribution is 14.0. The monoisotopic (exact) mass is 534 g/mol. The molecular formula is C20H28FIN4O2S. The Kier molecular flexibility index (Phi) is 11.6. The fourth-order valence-electron chi connectivity index (χ4n) is 2.31. The highest BCUT2D eigenvalue weighted by Crippen LogP contribution is 2.15. The molecule has 1 N–H and O–H groups in total. The Morgan fingerprint density at radius 2 is 1.97 bits per heavy atom. The van der Waals surface area contributed by atoms with Crippen LogP contribution in [0, 0.1) is 5.82 Å². The van der Waals surface area contributed by atoms with Gasteiger partial charge in [-0.1, -0.05) is 18.2 Å². The van der Waals surface area contributed by atoms with E-state index in [2.05, 4.69) is 16.4 Å². The van der Waals surface area contributed by atoms with E-state index in [0.717, 1.165) is 6.42 Å². The van der Waals surface area contributed by atoms with Crippen molar-refractivity contribution in [1.82, 2.24) is 15.1 Å². The number of likely N-dealkylation sites (N-methyl/N-ethyl adjacent to an activating group) is 2. The molecule has 9 heteroatoms. The average Bonchev–Trinajstić information content (AvgIpc) is 3.19. The number of ether oxygens (including phenoxy) is 1. The SMILES string of the molecule is CN(C)C(=O)CN=C(NCCc1cccs1)N(C)CCOc1ccccc1F.I. The van der Waals surface area contributed by atoms with E-state index in [4.69, 9.17) is 4.74 Å². The number of nitrogens with one attached hydrogen (secondary N) is 1. The summed E-state index contributed by atoms with van der Waals surface area (Å²) in [5, 5.41) is 5.34. The Balaban J connectivity index is 0.00000420. The van der Waals surface area contributed by atoms with Crippen LogP contribution >= 0.6 is 35.3 Å². The number of carbonyl (C=O) groups excluding carboxylic acids is 1. The molecule has 0 saturated carbocycles. The number of hydrogen-bond acceptors (Lipinski definition) is 4. The molecule has 1 aromatic heterocycles. The molecule has 1 heterocycles. The molecule has 160 valence electrons. The molecule has 0 aliphatic carbocycles. The summed E-state index contributed by atoms with van der Waals surface area (Å²) in [4.78, 5) is 21.0. The summed E-state index contributed by atoms with van der Waals surface area (Å²) in [7, 11) is 5.27. The van der Waals surface area contributed by atoms with Gasteiger partial charge in [0, 0.05) is 32.6 Å². The van der Waals surface area contributed by atoms with Crippen LogP contribution in [0.5, 0.6) is 5.75 Å². The molecule has 0 spiro atoms. The molecule has 0 fully saturated rings. The van der Waals surface area contributed by atoms with Crippen molar-refractivity contribution in [1.29, 1.82) is 0 Å². The van der Waals surface area contributed by atoms with Crippen molar-refractivity contribution in [3.63, 3.8) is 0 Å². The first kappa shape index (κ1) is 25.2. The number of para-hydroxylation sites is 1. The number of rotatable bonds is 9. The fourth-order valence-corrected chi connectivity index (χ4v) is 3.02. The van der Waals surface area contributed by atoms with Gasteiger partial charge in [-0.3, -0.25) is 4.79 Å². The lowest BCUT2D eigenvalue weighted by atomic mass is 10.3. The van der Waals surface area contributed by atoms with Gasteiger partial charge in [-0.25, -0.2) is 9.38 Å². The van der Waals surface area contributed by atoms with E-state index in [1.807, 2.05) is 23.4 Å². The molecule has 0 aliphatic rings. The van der Waals surface area contributed by atoms with Crippen molar-refractivity contribution in [2.24, 2.45) is 4.99 Å². The second-order valence-corrected chi connectivity index (χ2v) is 7.42. The summed E-state index contributed by atoms with van der Waals surface area (Å²) in [6, 6.07) is 10.4. The summed E-state index contributed by atoms with van der Waals surface area (Å²) >= 11 is 1.71. The largest absolute Gasteiger partial charge is 0.489 e. The molecule has 0 aliphatic heterocycles. The van der Waals surface area contributed by atoms with Gasteiger partial charge in [-0.05, 0) is 30.0 Å². The molecular weight excluding hydrogens is 506 g/mol. The van der Waals surface area contributed by atoms with Crippen molar-refractivity contribution in [3.8, 4) is 5.75 Å². The quantitative estimate of drug-likeness (QED) is 0.305. The number of aliphatic imine (C=N–C) groups is 1. The lowest BCUT2D eigenvalue weighted by molar-refractivity contribution is -0.127. The van der Waals surface area contributed by atoms with Crippen molar-refractivity contribution < 1.29 is 13.9 Å². The zero-order chi connectivity index (χ0) is 20.4. The minimum atomic E-state index is -0.385. The second-order valence-electron chi connectivity index (χ2n) is 6.38. The summed E-state index contributed by atoms with van der Waals surface area (Å²) in [5.74, 6) is 0.380. The normalized spacial score (nSPS) is 10.8. The Bertz CT molecular complexity index is 772. The van der Waals surface area contributed by atoms with Crippen LogP contribution in [0.4, 0.5) is 4.39 Å². The summed E-state index contributed by atoms with van der Waals surface area (Å²) in [5.41, 5.74) is 0. The Morgan fingerprint density at radius 3 is 2.62 bits per heavy atom. The number of nitrogens with zero attached hydrogens (tertiary/aromatic N) is 3. The molecule has 29 heavy (non-hydrogen) atoms. The predicted molar refractivity (Wildman–Crippen MR) is 127 cm³/mol. The van der Waals surface area contributed by atoms with Crippen molar-refractivity contribution in [2.45, 2.75) is 6.42 Å². The van der Waals surface area contributed by atoms with E-state index >= 15 is 0 Å². The zero-order valence-electron chi connectivity index (χ0n) is 16.9. The first-order valence-electron chi connectivity index (χ1n) is 9.06. The smallest absolute Gasteiger partial charge is 0.243 e. The summed E-state index contributed by atoms with van der Waals surface area (Å²) in [6.07, 6.45) is 0.873. The van der Waals surface area contributed by atoms with Crippen LogP contribution in [0.1, 0.15) is 4.88 Å². The molecule has 6 nitrogen and oxygen atoms in total. The number of thiophene rings is 1. The van der Waals surface area contributed by atoms with Gasteiger partial charge >= 0.3 is 0 Å². The topological polar surface area (TPSA) is 57.2 Å². The average molecular weight is 534 g/mol. The lowest BCUT2D eigenvalue weighted by Crippen LogP contribution is -2.42. The molecule has 0 saturated heterocycles. The van der Waals surface area contributed by atoms with Crippen LogP contribution < -0.4 is 10.1 Å². The second kappa shape index (κ2) is 13.4. The maximum atomic E-state index is 13.6. The standard InChI is InChI=1S/C20H27FN4O2S.HI/c1-24(2)19(26)15-23-20(22-11-10-16-7-6-14-28-16)25(3)12-13-27-18-9-5-4-8-17(18)21;/h4-9,14H,10-13,15H2,1-3H3,(H,22,23);1H. The van der Waals surface area contributed by atoms with E-state index in [9.17, 15) is 9.18 Å². The molecule has 0 bridgehead atoms. The zero-order valence-corrected chi connectivity index (χ0v) is 20.1. The molecule has 1 amide bonds. The number of benzene rings is 1. The summed E-state index contributed by atoms with van der Waals surface area (Å²) in [6.45, 7) is 1.56. The fraction of sp³-hybridized carbons (Fsp3) is 0.400. The molecule has 2 rings (SSSR count). The maximum Gasteiger partial charge on any atom is 0.243 e. The molecule has 0 atom stereocenters. The summed E-state index contributed by atoms with van der Waals surface area (Å²) < 4.78 is 19.2. The van der Waals surface area contributed by atoms with Crippen LogP contribution in [0.15, 0.2) is 46.8 Å². The predicted octanol–water partition coefficient (Wildman–Crippen LogP) is 3.09. The number of halogens is 2. The molecule has 0 radical (unpaired) electrons. The van der Waals surface area contributed by atoms with Gasteiger partial charge in [0.2, 0.25) is 5.91 Å². The maximum absolute atomic E-state index is 13.6. The minimum Gasteiger partial charge on any atom is -0.489 e. The third-order valence-corrected chi connectivity index (χ3v) is 4.92. The molecule has 0 unspecified atom stereocenters. The number of carbonyl (C=O) groups is 1. The van der Waals surface area contributed by atoms with Gasteiger partial charge in [-0.15, -0.1) is 35.3 Å². The van der Waals surface area contributed by atoms with Crippen LogP contribution in [0.3, 0.4) is 0 Å². The van der Waals surface area contributed by atoms with E-state index in [1.165, 1.54) is 15.8 Å². The lowest BCUT2D eigenvalue weighted by Gasteiger charge is -2.23. The van der Waals surface area contributed by atoms with E-state index in [-0.39, 0.29) is 48.0 Å². The third kappa shape index (κ3) is 8.99.